The Labute approximate surface area is 300 Å². The van der Waals surface area contributed by atoms with Crippen molar-refractivity contribution in [2.45, 2.75) is 97.4 Å². The van der Waals surface area contributed by atoms with Gasteiger partial charge in [0, 0.05) is 43.3 Å². The molecule has 274 valence electrons. The first-order valence-corrected chi connectivity index (χ1v) is 19.0. The van der Waals surface area contributed by atoms with Crippen LogP contribution in [0.2, 0.25) is 0 Å². The molecular formula is C37H49N7O6S. The number of anilines is 1. The number of aryl methyl sites for hydroxylation is 1. The molecule has 14 heteroatoms. The van der Waals surface area contributed by atoms with Crippen LogP contribution in [-0.4, -0.2) is 86.4 Å². The predicted octanol–water partition coefficient (Wildman–Crippen LogP) is 5.02. The van der Waals surface area contributed by atoms with Crippen LogP contribution in [0, 0.1) is 12.8 Å². The molecule has 2 aromatic carbocycles. The molecule has 1 saturated carbocycles. The molecule has 0 spiro atoms. The second kappa shape index (κ2) is 13.6. The van der Waals surface area contributed by atoms with Gasteiger partial charge in [0.25, 0.3) is 11.8 Å². The Morgan fingerprint density at radius 2 is 1.73 bits per heavy atom. The molecule has 0 radical (unpaired) electrons. The molecule has 51 heavy (non-hydrogen) atoms. The van der Waals surface area contributed by atoms with Gasteiger partial charge in [-0.25, -0.2) is 9.48 Å². The summed E-state index contributed by atoms with van der Waals surface area (Å²) in [7, 11) is -4.23. The Morgan fingerprint density at radius 3 is 2.33 bits per heavy atom. The average molecular weight is 720 g/mol. The van der Waals surface area contributed by atoms with Gasteiger partial charge >= 0.3 is 16.3 Å². The van der Waals surface area contributed by atoms with E-state index in [9.17, 15) is 22.8 Å². The summed E-state index contributed by atoms with van der Waals surface area (Å²) in [6, 6.07) is 14.0. The van der Waals surface area contributed by atoms with Crippen molar-refractivity contribution in [3.05, 3.63) is 76.6 Å². The topological polar surface area (TPSA) is 160 Å². The van der Waals surface area contributed by atoms with Gasteiger partial charge in [0.15, 0.2) is 0 Å². The Kier molecular flexibility index (Phi) is 9.70. The van der Waals surface area contributed by atoms with Gasteiger partial charge in [-0.05, 0) is 96.9 Å². The van der Waals surface area contributed by atoms with E-state index >= 15 is 0 Å². The summed E-state index contributed by atoms with van der Waals surface area (Å²) >= 11 is 0. The summed E-state index contributed by atoms with van der Waals surface area (Å²) in [5.74, 6) is -0.0475. The molecule has 3 aliphatic rings. The maximum absolute atomic E-state index is 13.9. The van der Waals surface area contributed by atoms with Crippen molar-refractivity contribution >= 4 is 33.8 Å². The number of primary amides is 1. The molecule has 1 aromatic heterocycles. The number of hydrogen-bond donors (Lipinski definition) is 2. The Morgan fingerprint density at radius 1 is 1.06 bits per heavy atom. The van der Waals surface area contributed by atoms with Crippen LogP contribution in [0.4, 0.5) is 10.5 Å². The van der Waals surface area contributed by atoms with Crippen LogP contribution in [0.3, 0.4) is 0 Å². The van der Waals surface area contributed by atoms with E-state index in [4.69, 9.17) is 15.6 Å². The van der Waals surface area contributed by atoms with E-state index in [0.717, 1.165) is 29.4 Å². The maximum atomic E-state index is 13.9. The van der Waals surface area contributed by atoms with Crippen molar-refractivity contribution in [3.63, 3.8) is 0 Å². The molecule has 0 unspecified atom stereocenters. The molecule has 2 fully saturated rings. The van der Waals surface area contributed by atoms with Gasteiger partial charge in [-0.15, -0.1) is 0 Å². The van der Waals surface area contributed by atoms with E-state index < -0.39 is 27.8 Å². The third kappa shape index (κ3) is 7.76. The largest absolute Gasteiger partial charge is 0.443 e. The second-order valence-corrected chi connectivity index (χ2v) is 17.4. The fraction of sp³-hybridized carbons (Fsp3) is 0.514. The smallest absolute Gasteiger partial charge is 0.425 e. The van der Waals surface area contributed by atoms with Crippen molar-refractivity contribution in [3.8, 4) is 5.69 Å². The summed E-state index contributed by atoms with van der Waals surface area (Å²) in [6.45, 7) is 12.0. The number of nitrogens with one attached hydrogen (secondary N) is 1. The first-order valence-electron chi connectivity index (χ1n) is 17.6. The van der Waals surface area contributed by atoms with Crippen molar-refractivity contribution in [2.24, 2.45) is 11.7 Å². The van der Waals surface area contributed by atoms with Gasteiger partial charge in [-0.1, -0.05) is 30.3 Å². The molecule has 0 atom stereocenters. The maximum Gasteiger partial charge on any atom is 0.425 e. The second-order valence-electron chi connectivity index (χ2n) is 15.6. The predicted molar refractivity (Wildman–Crippen MR) is 194 cm³/mol. The van der Waals surface area contributed by atoms with Crippen LogP contribution in [0.15, 0.2) is 48.5 Å². The molecule has 6 rings (SSSR count). The van der Waals surface area contributed by atoms with E-state index in [1.54, 1.807) is 61.9 Å². The zero-order chi connectivity index (χ0) is 36.9. The molecule has 3 aromatic rings. The Hall–Kier alpha value is -4.43. The highest BCUT2D eigenvalue weighted by atomic mass is 32.2. The van der Waals surface area contributed by atoms with Crippen LogP contribution in [0.25, 0.3) is 5.69 Å². The standard InChI is InChI=1S/C37H49N7O6S/c1-24-32-31(21-37(5,6)42(34(32)46)22-26-12-13-26)44(40-24)28-14-15-29(33(38)45)30(20-28)39-27-16-18-41(19-17-27)51(48,49)43(35(47)50-36(2,3)4)23-25-10-8-7-9-11-25/h7-11,14-15,20,26-27,39H,12-13,16-19,21-23H2,1-6H3,(H2,38,45). The molecule has 0 bridgehead atoms. The van der Waals surface area contributed by atoms with E-state index in [1.807, 2.05) is 24.0 Å². The molecule has 1 saturated heterocycles. The van der Waals surface area contributed by atoms with Crippen molar-refractivity contribution < 1.29 is 27.5 Å². The summed E-state index contributed by atoms with van der Waals surface area (Å²) < 4.78 is 37.2. The summed E-state index contributed by atoms with van der Waals surface area (Å²) in [5, 5.41) is 8.24. The normalized spacial score (nSPS) is 18.3. The van der Waals surface area contributed by atoms with E-state index in [2.05, 4.69) is 19.2 Å². The van der Waals surface area contributed by atoms with Gasteiger partial charge in [-0.3, -0.25) is 9.59 Å². The summed E-state index contributed by atoms with van der Waals surface area (Å²) in [6.07, 6.45) is 2.81. The van der Waals surface area contributed by atoms with Crippen LogP contribution < -0.4 is 11.1 Å². The highest BCUT2D eigenvalue weighted by Crippen LogP contribution is 2.38. The molecule has 13 nitrogen and oxygen atoms in total. The first kappa shape index (κ1) is 36.4. The quantitative estimate of drug-likeness (QED) is 0.295. The lowest BCUT2D eigenvalue weighted by atomic mass is 9.87. The van der Waals surface area contributed by atoms with Crippen LogP contribution in [-0.2, 0) is 27.9 Å². The highest BCUT2D eigenvalue weighted by molar-refractivity contribution is 7.87. The third-order valence-electron chi connectivity index (χ3n) is 9.78. The number of benzene rings is 2. The SMILES string of the molecule is Cc1nn(-c2ccc(C(N)=O)c(NC3CCN(S(=O)(=O)N(Cc4ccccc4)C(=O)OC(C)(C)C)CC3)c2)c2c1C(=O)N(CC1CC1)C(C)(C)C2. The van der Waals surface area contributed by atoms with Gasteiger partial charge in [0.05, 0.1) is 34.7 Å². The zero-order valence-electron chi connectivity index (χ0n) is 30.3. The number of aromatic nitrogens is 2. The summed E-state index contributed by atoms with van der Waals surface area (Å²) in [4.78, 5) is 41.6. The van der Waals surface area contributed by atoms with Gasteiger partial charge in [0.1, 0.15) is 5.60 Å². The van der Waals surface area contributed by atoms with Crippen LogP contribution in [0.1, 0.15) is 98.0 Å². The molecule has 3 heterocycles. The minimum Gasteiger partial charge on any atom is -0.443 e. The number of carbonyl (C=O) groups is 3. The Balaban J connectivity index is 1.21. The molecular weight excluding hydrogens is 671 g/mol. The number of nitrogens with two attached hydrogens (primary N) is 1. The number of ether oxygens (including phenoxy) is 1. The van der Waals surface area contributed by atoms with Crippen LogP contribution >= 0.6 is 0 Å². The van der Waals surface area contributed by atoms with Crippen LogP contribution in [0.5, 0.6) is 0 Å². The van der Waals surface area contributed by atoms with E-state index in [1.165, 1.54) is 4.31 Å². The fourth-order valence-electron chi connectivity index (χ4n) is 6.92. The minimum absolute atomic E-state index is 0.000260. The first-order chi connectivity index (χ1) is 23.9. The number of amides is 3. The molecule has 1 aliphatic carbocycles. The van der Waals surface area contributed by atoms with Gasteiger partial charge in [-0.2, -0.15) is 22.1 Å². The lowest BCUT2D eigenvalue weighted by molar-refractivity contribution is 0.0369. The molecule has 3 N–H and O–H groups in total. The third-order valence-corrected chi connectivity index (χ3v) is 11.6. The van der Waals surface area contributed by atoms with E-state index in [-0.39, 0.29) is 42.7 Å². The fourth-order valence-corrected chi connectivity index (χ4v) is 8.41. The number of carbonyl (C=O) groups excluding carboxylic acids is 3. The number of nitrogens with zero attached hydrogens (tertiary/aromatic N) is 5. The number of hydrogen-bond acceptors (Lipinski definition) is 8. The number of rotatable bonds is 10. The number of piperidine rings is 1. The lowest BCUT2D eigenvalue weighted by Gasteiger charge is -2.42. The van der Waals surface area contributed by atoms with Gasteiger partial charge < -0.3 is 20.7 Å². The summed E-state index contributed by atoms with van der Waals surface area (Å²) in [5.41, 5.74) is 8.75. The van der Waals surface area contributed by atoms with Gasteiger partial charge in [0.2, 0.25) is 0 Å². The monoisotopic (exact) mass is 719 g/mol. The Bertz CT molecular complexity index is 1920. The molecule has 2 aliphatic heterocycles. The highest BCUT2D eigenvalue weighted by Gasteiger charge is 2.44. The average Bonchev–Trinajstić information content (AvgIpc) is 3.82. The zero-order valence-corrected chi connectivity index (χ0v) is 31.1. The lowest BCUT2D eigenvalue weighted by Crippen LogP contribution is -2.53. The molecule has 3 amide bonds. The van der Waals surface area contributed by atoms with Crippen molar-refractivity contribution in [2.75, 3.05) is 25.0 Å². The minimum atomic E-state index is -4.23. The van der Waals surface area contributed by atoms with Crippen molar-refractivity contribution in [1.29, 1.82) is 0 Å². The van der Waals surface area contributed by atoms with E-state index in [0.29, 0.717) is 53.4 Å². The number of fused-ring (bicyclic) bond motifs is 1. The van der Waals surface area contributed by atoms with Crippen molar-refractivity contribution in [1.82, 2.24) is 23.3 Å².